The van der Waals surface area contributed by atoms with Crippen molar-refractivity contribution in [2.75, 3.05) is 19.6 Å². The standard InChI is InChI=1S/C17H24N2O3/c1-13(2)16(21)12-19(11-15-7-5-4-6-8-15)17(22)10-18-9-14(3)20/h4-8,13,18H,9-12H2,1-3H3. The summed E-state index contributed by atoms with van der Waals surface area (Å²) in [7, 11) is 0. The molecule has 0 radical (unpaired) electrons. The quantitative estimate of drug-likeness (QED) is 0.749. The second-order valence-corrected chi connectivity index (χ2v) is 5.66. The molecule has 0 bridgehead atoms. The maximum absolute atomic E-state index is 12.3. The van der Waals surface area contributed by atoms with Gasteiger partial charge in [0.1, 0.15) is 5.78 Å². The minimum absolute atomic E-state index is 0.0239. The number of amides is 1. The Hall–Kier alpha value is -2.01. The van der Waals surface area contributed by atoms with Crippen LogP contribution in [-0.2, 0) is 20.9 Å². The van der Waals surface area contributed by atoms with E-state index in [0.29, 0.717) is 6.54 Å². The second-order valence-electron chi connectivity index (χ2n) is 5.66. The predicted molar refractivity (Wildman–Crippen MR) is 85.3 cm³/mol. The van der Waals surface area contributed by atoms with Gasteiger partial charge in [-0.15, -0.1) is 0 Å². The number of hydrogen-bond donors (Lipinski definition) is 1. The van der Waals surface area contributed by atoms with Crippen molar-refractivity contribution >= 4 is 17.5 Å². The summed E-state index contributed by atoms with van der Waals surface area (Å²) >= 11 is 0. The Bertz CT molecular complexity index is 512. The van der Waals surface area contributed by atoms with Gasteiger partial charge in [-0.1, -0.05) is 44.2 Å². The minimum Gasteiger partial charge on any atom is -0.330 e. The van der Waals surface area contributed by atoms with E-state index < -0.39 is 0 Å². The van der Waals surface area contributed by atoms with Crippen molar-refractivity contribution in [3.63, 3.8) is 0 Å². The SMILES string of the molecule is CC(=O)CNCC(=O)N(CC(=O)C(C)C)Cc1ccccc1. The first-order chi connectivity index (χ1) is 10.4. The second kappa shape index (κ2) is 9.10. The molecule has 0 saturated carbocycles. The van der Waals surface area contributed by atoms with Gasteiger partial charge in [0, 0.05) is 12.5 Å². The fourth-order valence-electron chi connectivity index (χ4n) is 1.86. The summed E-state index contributed by atoms with van der Waals surface area (Å²) in [4.78, 5) is 36.7. The number of ketones is 2. The largest absolute Gasteiger partial charge is 0.330 e. The molecule has 1 aromatic rings. The van der Waals surface area contributed by atoms with Gasteiger partial charge in [-0.3, -0.25) is 14.4 Å². The van der Waals surface area contributed by atoms with Crippen LogP contribution < -0.4 is 5.32 Å². The molecule has 0 heterocycles. The van der Waals surface area contributed by atoms with Crippen molar-refractivity contribution in [3.8, 4) is 0 Å². The molecule has 1 N–H and O–H groups in total. The first-order valence-corrected chi connectivity index (χ1v) is 7.44. The average Bonchev–Trinajstić information content (AvgIpc) is 2.46. The van der Waals surface area contributed by atoms with Crippen LogP contribution >= 0.6 is 0 Å². The van der Waals surface area contributed by atoms with Crippen molar-refractivity contribution in [1.82, 2.24) is 10.2 Å². The van der Waals surface area contributed by atoms with Crippen LogP contribution in [-0.4, -0.2) is 42.0 Å². The lowest BCUT2D eigenvalue weighted by Gasteiger charge is -2.23. The molecule has 1 rings (SSSR count). The molecule has 0 aliphatic carbocycles. The molecule has 5 heteroatoms. The Kier molecular flexibility index (Phi) is 7.46. The van der Waals surface area contributed by atoms with E-state index in [9.17, 15) is 14.4 Å². The first kappa shape index (κ1) is 18.0. The van der Waals surface area contributed by atoms with E-state index in [-0.39, 0.29) is 43.0 Å². The number of hydrogen-bond acceptors (Lipinski definition) is 4. The average molecular weight is 304 g/mol. The Morgan fingerprint density at radius 3 is 2.27 bits per heavy atom. The van der Waals surface area contributed by atoms with Crippen molar-refractivity contribution in [3.05, 3.63) is 35.9 Å². The molecule has 0 saturated heterocycles. The van der Waals surface area contributed by atoms with Crippen molar-refractivity contribution < 1.29 is 14.4 Å². The van der Waals surface area contributed by atoms with Gasteiger partial charge in [0.05, 0.1) is 19.6 Å². The molecule has 0 aliphatic heterocycles. The van der Waals surface area contributed by atoms with Crippen LogP contribution in [0.1, 0.15) is 26.3 Å². The van der Waals surface area contributed by atoms with Crippen molar-refractivity contribution in [2.45, 2.75) is 27.3 Å². The van der Waals surface area contributed by atoms with Gasteiger partial charge in [-0.05, 0) is 12.5 Å². The summed E-state index contributed by atoms with van der Waals surface area (Å²) < 4.78 is 0. The van der Waals surface area contributed by atoms with E-state index in [1.165, 1.54) is 11.8 Å². The van der Waals surface area contributed by atoms with Gasteiger partial charge in [0.25, 0.3) is 0 Å². The molecule has 0 unspecified atom stereocenters. The lowest BCUT2D eigenvalue weighted by molar-refractivity contribution is -0.136. The molecule has 0 spiro atoms. The molecular formula is C17H24N2O3. The van der Waals surface area contributed by atoms with E-state index in [4.69, 9.17) is 0 Å². The highest BCUT2D eigenvalue weighted by atomic mass is 16.2. The van der Waals surface area contributed by atoms with Crippen LogP contribution in [0.15, 0.2) is 30.3 Å². The molecule has 0 fully saturated rings. The van der Waals surface area contributed by atoms with Gasteiger partial charge in [-0.25, -0.2) is 0 Å². The third-order valence-electron chi connectivity index (χ3n) is 3.21. The van der Waals surface area contributed by atoms with Crippen LogP contribution in [0.2, 0.25) is 0 Å². The Balaban J connectivity index is 2.70. The lowest BCUT2D eigenvalue weighted by atomic mass is 10.1. The minimum atomic E-state index is -0.181. The van der Waals surface area contributed by atoms with E-state index in [1.54, 1.807) is 0 Å². The van der Waals surface area contributed by atoms with Crippen LogP contribution in [0.4, 0.5) is 0 Å². The summed E-state index contributed by atoms with van der Waals surface area (Å²) in [5.74, 6) is -0.299. The predicted octanol–water partition coefficient (Wildman–Crippen LogP) is 1.42. The van der Waals surface area contributed by atoms with Gasteiger partial charge >= 0.3 is 0 Å². The maximum Gasteiger partial charge on any atom is 0.237 e. The van der Waals surface area contributed by atoms with Crippen LogP contribution in [0.5, 0.6) is 0 Å². The number of Topliss-reactive ketones (excluding diaryl/α,β-unsaturated/α-hetero) is 2. The summed E-state index contributed by atoms with van der Waals surface area (Å²) in [5.41, 5.74) is 0.971. The third-order valence-corrected chi connectivity index (χ3v) is 3.21. The highest BCUT2D eigenvalue weighted by Gasteiger charge is 2.19. The summed E-state index contributed by atoms with van der Waals surface area (Å²) in [5, 5.41) is 2.80. The maximum atomic E-state index is 12.3. The number of nitrogens with one attached hydrogen (secondary N) is 1. The molecule has 5 nitrogen and oxygen atoms in total. The topological polar surface area (TPSA) is 66.5 Å². The number of carbonyl (C=O) groups excluding carboxylic acids is 3. The number of rotatable bonds is 9. The van der Waals surface area contributed by atoms with Crippen molar-refractivity contribution in [2.24, 2.45) is 5.92 Å². The van der Waals surface area contributed by atoms with Gasteiger partial charge in [-0.2, -0.15) is 0 Å². The molecule has 1 amide bonds. The summed E-state index contributed by atoms with van der Waals surface area (Å²) in [6.45, 7) is 5.79. The fourth-order valence-corrected chi connectivity index (χ4v) is 1.86. The number of carbonyl (C=O) groups is 3. The molecule has 22 heavy (non-hydrogen) atoms. The first-order valence-electron chi connectivity index (χ1n) is 7.44. The van der Waals surface area contributed by atoms with Crippen LogP contribution in [0.25, 0.3) is 0 Å². The molecule has 120 valence electrons. The zero-order valence-electron chi connectivity index (χ0n) is 13.5. The van der Waals surface area contributed by atoms with Crippen molar-refractivity contribution in [1.29, 1.82) is 0 Å². The van der Waals surface area contributed by atoms with Crippen LogP contribution in [0.3, 0.4) is 0 Å². The van der Waals surface area contributed by atoms with E-state index in [2.05, 4.69) is 5.32 Å². The molecular weight excluding hydrogens is 280 g/mol. The summed E-state index contributed by atoms with van der Waals surface area (Å²) in [6.07, 6.45) is 0. The Morgan fingerprint density at radius 2 is 1.73 bits per heavy atom. The Morgan fingerprint density at radius 1 is 1.09 bits per heavy atom. The van der Waals surface area contributed by atoms with E-state index >= 15 is 0 Å². The smallest absolute Gasteiger partial charge is 0.237 e. The highest BCUT2D eigenvalue weighted by Crippen LogP contribution is 2.06. The van der Waals surface area contributed by atoms with Crippen LogP contribution in [0, 0.1) is 5.92 Å². The van der Waals surface area contributed by atoms with Gasteiger partial charge in [0.15, 0.2) is 5.78 Å². The number of benzene rings is 1. The zero-order chi connectivity index (χ0) is 16.5. The fraction of sp³-hybridized carbons (Fsp3) is 0.471. The Labute approximate surface area is 131 Å². The third kappa shape index (κ3) is 6.63. The molecule has 1 aromatic carbocycles. The van der Waals surface area contributed by atoms with E-state index in [1.807, 2.05) is 44.2 Å². The molecule has 0 aliphatic rings. The monoisotopic (exact) mass is 304 g/mol. The van der Waals surface area contributed by atoms with E-state index in [0.717, 1.165) is 5.56 Å². The normalized spacial score (nSPS) is 10.5. The lowest BCUT2D eigenvalue weighted by Crippen LogP contribution is -2.42. The van der Waals surface area contributed by atoms with Gasteiger partial charge < -0.3 is 10.2 Å². The highest BCUT2D eigenvalue weighted by molar-refractivity contribution is 5.88. The summed E-state index contributed by atoms with van der Waals surface area (Å²) in [6, 6.07) is 9.54. The molecule has 0 atom stereocenters. The zero-order valence-corrected chi connectivity index (χ0v) is 13.5. The number of nitrogens with zero attached hydrogens (tertiary/aromatic N) is 1. The molecule has 0 aromatic heterocycles. The van der Waals surface area contributed by atoms with Gasteiger partial charge in [0.2, 0.25) is 5.91 Å².